The van der Waals surface area contributed by atoms with Gasteiger partial charge in [-0.05, 0) is 79.4 Å². The van der Waals surface area contributed by atoms with Crippen molar-refractivity contribution < 1.29 is 50.3 Å². The van der Waals surface area contributed by atoms with E-state index in [4.69, 9.17) is 9.47 Å². The molecule has 10 nitrogen and oxygen atoms in total. The van der Waals surface area contributed by atoms with Crippen LogP contribution in [0.3, 0.4) is 0 Å². The lowest BCUT2D eigenvalue weighted by Gasteiger charge is -2.66. The van der Waals surface area contributed by atoms with Crippen molar-refractivity contribution >= 4 is 0 Å². The van der Waals surface area contributed by atoms with E-state index in [-0.39, 0.29) is 41.6 Å². The van der Waals surface area contributed by atoms with Gasteiger partial charge < -0.3 is 50.3 Å². The van der Waals surface area contributed by atoms with Crippen LogP contribution in [0.4, 0.5) is 0 Å². The average molecular weight is 601 g/mol. The number of hydrogen-bond acceptors (Lipinski definition) is 10. The highest BCUT2D eigenvalue weighted by molar-refractivity contribution is 5.21. The minimum atomic E-state index is -1.27. The van der Waals surface area contributed by atoms with Crippen LogP contribution < -0.4 is 0 Å². The van der Waals surface area contributed by atoms with Crippen molar-refractivity contribution in [1.82, 2.24) is 0 Å². The molecule has 4 saturated carbocycles. The normalized spacial score (nSPS) is 53.9. The molecule has 0 aromatic rings. The first-order valence-corrected chi connectivity index (χ1v) is 16.3. The van der Waals surface area contributed by atoms with Gasteiger partial charge in [0.25, 0.3) is 0 Å². The van der Waals surface area contributed by atoms with Crippen molar-refractivity contribution in [3.8, 4) is 0 Å². The predicted molar refractivity (Wildman–Crippen MR) is 153 cm³/mol. The van der Waals surface area contributed by atoms with Crippen LogP contribution in [0, 0.1) is 46.3 Å². The molecule has 0 aromatic heterocycles. The van der Waals surface area contributed by atoms with Gasteiger partial charge in [0.2, 0.25) is 0 Å². The Balaban J connectivity index is 1.30. The summed E-state index contributed by atoms with van der Waals surface area (Å²) in [4.78, 5) is 0. The average Bonchev–Trinajstić information content (AvgIpc) is 3.35. The highest BCUT2D eigenvalue weighted by Gasteiger charge is 2.71. The van der Waals surface area contributed by atoms with Crippen molar-refractivity contribution in [3.05, 3.63) is 0 Å². The highest BCUT2D eigenvalue weighted by Crippen LogP contribution is 2.69. The zero-order valence-corrected chi connectivity index (χ0v) is 25.9. The third kappa shape index (κ3) is 5.10. The Bertz CT molecular complexity index is 950. The lowest BCUT2D eigenvalue weighted by atomic mass is 9.41. The van der Waals surface area contributed by atoms with Gasteiger partial charge in [0.05, 0.1) is 42.7 Å². The molecule has 244 valence electrons. The van der Waals surface area contributed by atoms with Crippen molar-refractivity contribution in [3.63, 3.8) is 0 Å². The topological polar surface area (TPSA) is 180 Å². The van der Waals surface area contributed by atoms with Crippen LogP contribution >= 0.6 is 0 Å². The molecule has 10 heteroatoms. The van der Waals surface area contributed by atoms with Crippen LogP contribution in [0.15, 0.2) is 0 Å². The summed E-state index contributed by atoms with van der Waals surface area (Å²) in [6, 6.07) is 0. The Labute approximate surface area is 250 Å². The fourth-order valence-corrected chi connectivity index (χ4v) is 10.9. The molecule has 1 saturated heterocycles. The van der Waals surface area contributed by atoms with E-state index in [1.54, 1.807) is 0 Å². The van der Waals surface area contributed by atoms with E-state index in [0.717, 1.165) is 19.3 Å². The van der Waals surface area contributed by atoms with Gasteiger partial charge in [0.15, 0.2) is 6.29 Å². The maximum atomic E-state index is 12.5. The SMILES string of the molecule is CC(C)C(CCC(C)[C@H]1C[C@H](O)C2[C@]3(O)C[C@H](O)C4[C@@H](O)[C@@H](O)CC[C@]4(C)C3CC[C@@]21C)OC1OC(CO)C(O)C1O. The summed E-state index contributed by atoms with van der Waals surface area (Å²) in [5.74, 6) is -0.623. The molecule has 0 aromatic carbocycles. The molecule has 0 bridgehead atoms. The predicted octanol–water partition coefficient (Wildman–Crippen LogP) is 0.930. The molecule has 0 spiro atoms. The number of rotatable bonds is 8. The van der Waals surface area contributed by atoms with Crippen molar-refractivity contribution in [2.24, 2.45) is 46.3 Å². The quantitative estimate of drug-likeness (QED) is 0.200. The molecular formula is C32H56O10. The Kier molecular flexibility index (Phi) is 9.23. The fourth-order valence-electron chi connectivity index (χ4n) is 10.9. The van der Waals surface area contributed by atoms with Crippen LogP contribution in [0.2, 0.25) is 0 Å². The zero-order chi connectivity index (χ0) is 30.9. The molecule has 0 radical (unpaired) electrons. The van der Waals surface area contributed by atoms with E-state index in [2.05, 4.69) is 13.8 Å². The molecule has 4 aliphatic carbocycles. The second-order valence-electron chi connectivity index (χ2n) is 15.6. The summed E-state index contributed by atoms with van der Waals surface area (Å²) in [5, 5.41) is 86.6. The molecule has 5 aliphatic rings. The molecule has 42 heavy (non-hydrogen) atoms. The van der Waals surface area contributed by atoms with Gasteiger partial charge in [0, 0.05) is 18.3 Å². The van der Waals surface area contributed by atoms with Gasteiger partial charge in [-0.2, -0.15) is 0 Å². The summed E-state index contributed by atoms with van der Waals surface area (Å²) in [5.41, 5.74) is -2.14. The molecule has 5 rings (SSSR count). The van der Waals surface area contributed by atoms with Crippen LogP contribution in [0.5, 0.6) is 0 Å². The van der Waals surface area contributed by atoms with Crippen LogP contribution in [0.1, 0.15) is 86.0 Å². The first-order chi connectivity index (χ1) is 19.6. The second kappa shape index (κ2) is 11.8. The van der Waals surface area contributed by atoms with E-state index < -0.39 is 78.5 Å². The molecule has 0 amide bonds. The number of fused-ring (bicyclic) bond motifs is 5. The monoisotopic (exact) mass is 600 g/mol. The highest BCUT2D eigenvalue weighted by atomic mass is 16.7. The molecule has 5 fully saturated rings. The second-order valence-corrected chi connectivity index (χ2v) is 15.6. The Morgan fingerprint density at radius 3 is 2.12 bits per heavy atom. The number of aliphatic hydroxyl groups excluding tert-OH is 7. The first-order valence-electron chi connectivity index (χ1n) is 16.3. The maximum Gasteiger partial charge on any atom is 0.186 e. The van der Waals surface area contributed by atoms with Crippen LogP contribution in [-0.2, 0) is 9.47 Å². The van der Waals surface area contributed by atoms with Crippen molar-refractivity contribution in [1.29, 1.82) is 0 Å². The maximum absolute atomic E-state index is 12.5. The van der Waals surface area contributed by atoms with E-state index >= 15 is 0 Å². The van der Waals surface area contributed by atoms with Gasteiger partial charge in [-0.15, -0.1) is 0 Å². The smallest absolute Gasteiger partial charge is 0.186 e. The van der Waals surface area contributed by atoms with Crippen molar-refractivity contribution in [2.45, 2.75) is 147 Å². The van der Waals surface area contributed by atoms with E-state index in [1.807, 2.05) is 20.8 Å². The molecule has 8 N–H and O–H groups in total. The molecular weight excluding hydrogens is 544 g/mol. The van der Waals surface area contributed by atoms with Gasteiger partial charge in [-0.25, -0.2) is 0 Å². The third-order valence-electron chi connectivity index (χ3n) is 12.9. The number of ether oxygens (including phenoxy) is 2. The Morgan fingerprint density at radius 2 is 1.50 bits per heavy atom. The Morgan fingerprint density at radius 1 is 0.833 bits per heavy atom. The standard InChI is InChI=1S/C32H56O10/c1-15(2)21(41-29-27(39)26(38)22(14-33)42-29)7-6-16(3)17-12-19(35)28-30(17,4)11-9-23-31(5)10-8-18(34)25(37)24(31)20(36)13-32(23,28)40/h15-29,33-40H,6-14H2,1-5H3/t16?,17-,18+,19+,20+,21?,22?,23?,24?,25+,26?,27?,28?,29?,30-,31-,32+/m1/s1. The number of hydrogen-bond donors (Lipinski definition) is 8. The summed E-state index contributed by atoms with van der Waals surface area (Å²) >= 11 is 0. The van der Waals surface area contributed by atoms with Crippen LogP contribution in [-0.4, -0.2) is 108 Å². The minimum absolute atomic E-state index is 0.0911. The molecule has 1 heterocycles. The lowest BCUT2D eigenvalue weighted by molar-refractivity contribution is -0.280. The van der Waals surface area contributed by atoms with Gasteiger partial charge >= 0.3 is 0 Å². The van der Waals surface area contributed by atoms with Gasteiger partial charge in [-0.1, -0.05) is 34.6 Å². The minimum Gasteiger partial charge on any atom is -0.394 e. The zero-order valence-electron chi connectivity index (χ0n) is 25.9. The number of aliphatic hydroxyl groups is 8. The summed E-state index contributed by atoms with van der Waals surface area (Å²) in [6.07, 6.45) is -3.39. The molecule has 9 unspecified atom stereocenters. The van der Waals surface area contributed by atoms with Crippen LogP contribution in [0.25, 0.3) is 0 Å². The first kappa shape index (κ1) is 33.0. The van der Waals surface area contributed by atoms with Gasteiger partial charge in [0.1, 0.15) is 18.3 Å². The molecule has 17 atom stereocenters. The molecule has 1 aliphatic heterocycles. The summed E-state index contributed by atoms with van der Waals surface area (Å²) in [7, 11) is 0. The van der Waals surface area contributed by atoms with E-state index in [0.29, 0.717) is 25.7 Å². The van der Waals surface area contributed by atoms with E-state index in [9.17, 15) is 40.9 Å². The summed E-state index contributed by atoms with van der Waals surface area (Å²) < 4.78 is 11.7. The Hall–Kier alpha value is -0.400. The van der Waals surface area contributed by atoms with Gasteiger partial charge in [-0.3, -0.25) is 0 Å². The summed E-state index contributed by atoms with van der Waals surface area (Å²) in [6.45, 7) is 10.1. The van der Waals surface area contributed by atoms with Crippen molar-refractivity contribution in [2.75, 3.05) is 6.61 Å². The largest absolute Gasteiger partial charge is 0.394 e. The lowest BCUT2D eigenvalue weighted by Crippen LogP contribution is -2.70. The fraction of sp³-hybridized carbons (Fsp3) is 1.00. The van der Waals surface area contributed by atoms with E-state index in [1.165, 1.54) is 0 Å². The third-order valence-corrected chi connectivity index (χ3v) is 12.9.